The van der Waals surface area contributed by atoms with Gasteiger partial charge in [-0.05, 0) is 53.4 Å². The Kier molecular flexibility index (Phi) is 7.20. The molecule has 2 aromatic rings. The summed E-state index contributed by atoms with van der Waals surface area (Å²) in [5.74, 6) is -1.44. The molecule has 4 rings (SSSR count). The number of ether oxygens (including phenoxy) is 1. The average Bonchev–Trinajstić information content (AvgIpc) is 3.63. The second-order valence-electron chi connectivity index (χ2n) is 9.43. The van der Waals surface area contributed by atoms with Crippen LogP contribution in [0.2, 0.25) is 0 Å². The molecule has 3 unspecified atom stereocenters. The third kappa shape index (κ3) is 5.24. The van der Waals surface area contributed by atoms with Gasteiger partial charge in [-0.25, -0.2) is 9.59 Å². The van der Waals surface area contributed by atoms with Crippen LogP contribution in [-0.4, -0.2) is 41.8 Å². The maximum atomic E-state index is 12.9. The van der Waals surface area contributed by atoms with E-state index in [1.165, 1.54) is 0 Å². The van der Waals surface area contributed by atoms with E-state index in [1.54, 1.807) is 0 Å². The number of fused-ring (bicyclic) bond motifs is 3. The van der Waals surface area contributed by atoms with Crippen molar-refractivity contribution in [3.63, 3.8) is 0 Å². The van der Waals surface area contributed by atoms with E-state index in [9.17, 15) is 19.5 Å². The monoisotopic (exact) mass is 464 g/mol. The minimum absolute atomic E-state index is 0.00136. The average molecular weight is 465 g/mol. The number of rotatable bonds is 10. The van der Waals surface area contributed by atoms with Gasteiger partial charge >= 0.3 is 12.1 Å². The van der Waals surface area contributed by atoms with Gasteiger partial charge in [0.2, 0.25) is 5.91 Å². The van der Waals surface area contributed by atoms with E-state index in [2.05, 4.69) is 22.8 Å². The van der Waals surface area contributed by atoms with Crippen molar-refractivity contribution < 1.29 is 24.2 Å². The molecule has 7 heteroatoms. The van der Waals surface area contributed by atoms with Crippen molar-refractivity contribution in [3.8, 4) is 11.1 Å². The van der Waals surface area contributed by atoms with Crippen LogP contribution in [0.25, 0.3) is 11.1 Å². The lowest BCUT2D eigenvalue weighted by Crippen LogP contribution is -2.53. The van der Waals surface area contributed by atoms with Crippen molar-refractivity contribution in [3.05, 3.63) is 59.7 Å². The van der Waals surface area contributed by atoms with Crippen LogP contribution < -0.4 is 10.6 Å². The van der Waals surface area contributed by atoms with E-state index in [0.29, 0.717) is 6.42 Å². The maximum Gasteiger partial charge on any atom is 0.407 e. The number of hydrogen-bond acceptors (Lipinski definition) is 4. The topological polar surface area (TPSA) is 105 Å². The Labute approximate surface area is 199 Å². The van der Waals surface area contributed by atoms with E-state index in [4.69, 9.17) is 4.74 Å². The lowest BCUT2D eigenvalue weighted by atomic mass is 9.98. The number of benzene rings is 2. The summed E-state index contributed by atoms with van der Waals surface area (Å²) >= 11 is 0. The van der Waals surface area contributed by atoms with Crippen LogP contribution >= 0.6 is 0 Å². The quantitative estimate of drug-likeness (QED) is 0.486. The first-order valence-corrected chi connectivity index (χ1v) is 12.0. The summed E-state index contributed by atoms with van der Waals surface area (Å²) in [5, 5.41) is 14.8. The van der Waals surface area contributed by atoms with Gasteiger partial charge in [0.1, 0.15) is 18.7 Å². The number of amides is 2. The molecule has 3 N–H and O–H groups in total. The minimum Gasteiger partial charge on any atom is -0.480 e. The first kappa shape index (κ1) is 23.8. The third-order valence-electron chi connectivity index (χ3n) is 6.94. The van der Waals surface area contributed by atoms with E-state index < -0.39 is 30.1 Å². The second-order valence-corrected chi connectivity index (χ2v) is 9.43. The first-order valence-electron chi connectivity index (χ1n) is 12.0. The lowest BCUT2D eigenvalue weighted by molar-refractivity contribution is -0.142. The van der Waals surface area contributed by atoms with Gasteiger partial charge in [0.05, 0.1) is 0 Å². The highest BCUT2D eigenvalue weighted by atomic mass is 16.5. The largest absolute Gasteiger partial charge is 0.480 e. The molecule has 0 spiro atoms. The summed E-state index contributed by atoms with van der Waals surface area (Å²) < 4.78 is 5.59. The van der Waals surface area contributed by atoms with Gasteiger partial charge in [0.25, 0.3) is 0 Å². The van der Waals surface area contributed by atoms with Crippen LogP contribution in [0.5, 0.6) is 0 Å². The van der Waals surface area contributed by atoms with Gasteiger partial charge < -0.3 is 20.5 Å². The Balaban J connectivity index is 1.39. The van der Waals surface area contributed by atoms with Crippen molar-refractivity contribution in [2.45, 2.75) is 57.5 Å². The van der Waals surface area contributed by atoms with Crippen LogP contribution in [0.1, 0.15) is 56.6 Å². The smallest absolute Gasteiger partial charge is 0.407 e. The van der Waals surface area contributed by atoms with Crippen molar-refractivity contribution in [2.24, 2.45) is 11.8 Å². The number of carboxylic acid groups (broad SMARTS) is 1. The Morgan fingerprint density at radius 3 is 2.12 bits per heavy atom. The standard InChI is InChI=1S/C27H32N2O5/c1-3-16(2)14-23(26(31)32)28-25(30)24(17-12-13-17)29-27(33)34-15-22-20-10-6-4-8-18(20)19-9-5-7-11-21(19)22/h4-11,16-17,22-24H,3,12-15H2,1-2H3,(H,28,30)(H,29,33)(H,31,32). The number of nitrogens with one attached hydrogen (secondary N) is 2. The molecule has 0 saturated heterocycles. The van der Waals surface area contributed by atoms with E-state index in [0.717, 1.165) is 41.5 Å². The van der Waals surface area contributed by atoms with Gasteiger partial charge in [-0.1, -0.05) is 68.8 Å². The number of carbonyl (C=O) groups excluding carboxylic acids is 2. The van der Waals surface area contributed by atoms with Crippen molar-refractivity contribution in [1.82, 2.24) is 10.6 Å². The lowest BCUT2D eigenvalue weighted by Gasteiger charge is -2.23. The molecule has 0 radical (unpaired) electrons. The molecule has 3 atom stereocenters. The number of hydrogen-bond donors (Lipinski definition) is 3. The Morgan fingerprint density at radius 2 is 1.59 bits per heavy atom. The highest BCUT2D eigenvalue weighted by Gasteiger charge is 2.39. The molecule has 0 heterocycles. The molecule has 2 amide bonds. The van der Waals surface area contributed by atoms with E-state index in [-0.39, 0.29) is 24.4 Å². The summed E-state index contributed by atoms with van der Waals surface area (Å²) in [6.07, 6.45) is 2.13. The van der Waals surface area contributed by atoms with Crippen LogP contribution in [0.15, 0.2) is 48.5 Å². The predicted octanol–water partition coefficient (Wildman–Crippen LogP) is 4.31. The molecule has 7 nitrogen and oxygen atoms in total. The molecule has 2 aliphatic carbocycles. The second kappa shape index (κ2) is 10.3. The molecule has 0 bridgehead atoms. The Morgan fingerprint density at radius 1 is 1.00 bits per heavy atom. The molecular formula is C27H32N2O5. The Hall–Kier alpha value is -3.35. The fraction of sp³-hybridized carbons (Fsp3) is 0.444. The highest BCUT2D eigenvalue weighted by molar-refractivity contribution is 5.89. The zero-order valence-corrected chi connectivity index (χ0v) is 19.6. The van der Waals surface area contributed by atoms with Crippen LogP contribution in [0, 0.1) is 11.8 Å². The van der Waals surface area contributed by atoms with Crippen LogP contribution in [0.4, 0.5) is 4.79 Å². The maximum absolute atomic E-state index is 12.9. The van der Waals surface area contributed by atoms with Gasteiger partial charge in [0, 0.05) is 5.92 Å². The van der Waals surface area contributed by atoms with Crippen molar-refractivity contribution >= 4 is 18.0 Å². The molecular weight excluding hydrogens is 432 g/mol. The number of alkyl carbamates (subject to hydrolysis) is 1. The molecule has 1 saturated carbocycles. The molecule has 180 valence electrons. The number of carbonyl (C=O) groups is 3. The Bertz CT molecular complexity index is 1020. The van der Waals surface area contributed by atoms with Crippen molar-refractivity contribution in [1.29, 1.82) is 0 Å². The van der Waals surface area contributed by atoms with Gasteiger partial charge in [0.15, 0.2) is 0 Å². The summed E-state index contributed by atoms with van der Waals surface area (Å²) in [4.78, 5) is 37.2. The molecule has 2 aliphatic rings. The van der Waals surface area contributed by atoms with E-state index >= 15 is 0 Å². The van der Waals surface area contributed by atoms with Gasteiger partial charge in [-0.3, -0.25) is 4.79 Å². The van der Waals surface area contributed by atoms with Crippen LogP contribution in [-0.2, 0) is 14.3 Å². The summed E-state index contributed by atoms with van der Waals surface area (Å²) in [6, 6.07) is 14.4. The predicted molar refractivity (Wildman–Crippen MR) is 128 cm³/mol. The first-order chi connectivity index (χ1) is 16.4. The zero-order valence-electron chi connectivity index (χ0n) is 19.6. The zero-order chi connectivity index (χ0) is 24.2. The van der Waals surface area contributed by atoms with E-state index in [1.807, 2.05) is 50.2 Å². The van der Waals surface area contributed by atoms with Gasteiger partial charge in [-0.2, -0.15) is 0 Å². The number of aliphatic carboxylic acids is 1. The molecule has 0 aliphatic heterocycles. The molecule has 0 aromatic heterocycles. The summed E-state index contributed by atoms with van der Waals surface area (Å²) in [5.41, 5.74) is 4.51. The van der Waals surface area contributed by atoms with Crippen LogP contribution in [0.3, 0.4) is 0 Å². The normalized spacial score (nSPS) is 17.1. The van der Waals surface area contributed by atoms with Crippen molar-refractivity contribution in [2.75, 3.05) is 6.61 Å². The SMILES string of the molecule is CCC(C)CC(NC(=O)C(NC(=O)OCC1c2ccccc2-c2ccccc21)C1CC1)C(=O)O. The number of carboxylic acids is 1. The molecule has 1 fully saturated rings. The van der Waals surface area contributed by atoms with Gasteiger partial charge in [-0.15, -0.1) is 0 Å². The third-order valence-corrected chi connectivity index (χ3v) is 6.94. The summed E-state index contributed by atoms with van der Waals surface area (Å²) in [6.45, 7) is 4.09. The fourth-order valence-electron chi connectivity index (χ4n) is 4.65. The molecule has 2 aromatic carbocycles. The molecule has 34 heavy (non-hydrogen) atoms. The summed E-state index contributed by atoms with van der Waals surface area (Å²) in [7, 11) is 0. The highest BCUT2D eigenvalue weighted by Crippen LogP contribution is 2.44. The minimum atomic E-state index is -1.07. The fourth-order valence-corrected chi connectivity index (χ4v) is 4.65.